The van der Waals surface area contributed by atoms with Crippen molar-refractivity contribution in [2.75, 3.05) is 73.1 Å². The molecule has 1 atom stereocenters. The van der Waals surface area contributed by atoms with Crippen LogP contribution in [0.2, 0.25) is 10.0 Å². The molecule has 1 aromatic heterocycles. The zero-order valence-electron chi connectivity index (χ0n) is 30.1. The van der Waals surface area contributed by atoms with E-state index >= 15 is 0 Å². The van der Waals surface area contributed by atoms with E-state index in [0.717, 1.165) is 56.7 Å². The van der Waals surface area contributed by atoms with Gasteiger partial charge in [-0.25, -0.2) is 9.69 Å². The number of hydrogen-bond donors (Lipinski definition) is 1. The number of aromatic nitrogens is 4. The number of piperazine rings is 1. The Morgan fingerprint density at radius 1 is 0.849 bits per heavy atom. The van der Waals surface area contributed by atoms with Crippen molar-refractivity contribution in [2.45, 2.75) is 36.5 Å². The van der Waals surface area contributed by atoms with Gasteiger partial charge in [-0.3, -0.25) is 15.0 Å². The van der Waals surface area contributed by atoms with E-state index in [-0.39, 0.29) is 17.2 Å². The van der Waals surface area contributed by atoms with Crippen LogP contribution in [0.25, 0.3) is 5.69 Å². The van der Waals surface area contributed by atoms with Crippen LogP contribution in [0, 0.1) is 0 Å². The van der Waals surface area contributed by atoms with Gasteiger partial charge in [0, 0.05) is 44.7 Å². The summed E-state index contributed by atoms with van der Waals surface area (Å²) in [6, 6.07) is 21.3. The monoisotopic (exact) mass is 761 g/mol. The van der Waals surface area contributed by atoms with Crippen molar-refractivity contribution in [2.24, 2.45) is 0 Å². The number of benzene rings is 3. The molecule has 0 radical (unpaired) electrons. The Morgan fingerprint density at radius 3 is 2.30 bits per heavy atom. The number of methoxy groups -OCH3 is 1. The van der Waals surface area contributed by atoms with Gasteiger partial charge >= 0.3 is 0 Å². The minimum atomic E-state index is -0.635. The van der Waals surface area contributed by atoms with Crippen LogP contribution in [-0.2, 0) is 20.5 Å². The molecule has 53 heavy (non-hydrogen) atoms. The number of nitrogens with one attached hydrogen (secondary N) is 1. The molecule has 2 amide bonds. The fourth-order valence-corrected chi connectivity index (χ4v) is 8.38. The highest BCUT2D eigenvalue weighted by molar-refractivity contribution is 6.42. The molecule has 3 aliphatic heterocycles. The zero-order valence-corrected chi connectivity index (χ0v) is 31.6. The standard InChI is InChI=1S/C38H45Cl2N9O4/c1-52-34-11-9-30(49-27-41-43-44-49)25-31(34)35(50)46-19-13-37(26-46,29-8-10-32(39)33(40)24-29)12-16-45-17-14-38(15-18-45,28-6-4-3-5-7-28)36(51)42-47-20-22-48(53-2)23-21-47/h3-11,24-25,27H,12-23,26H2,1-2H3,(H,42,51). The van der Waals surface area contributed by atoms with Gasteiger partial charge in [0.05, 0.1) is 40.9 Å². The zero-order chi connectivity index (χ0) is 37.0. The molecule has 13 nitrogen and oxygen atoms in total. The van der Waals surface area contributed by atoms with E-state index in [9.17, 15) is 9.59 Å². The van der Waals surface area contributed by atoms with Crippen molar-refractivity contribution >= 4 is 35.0 Å². The van der Waals surface area contributed by atoms with Crippen molar-refractivity contribution in [3.05, 3.63) is 99.8 Å². The van der Waals surface area contributed by atoms with E-state index in [0.29, 0.717) is 66.1 Å². The smallest absolute Gasteiger partial charge is 0.257 e. The van der Waals surface area contributed by atoms with Gasteiger partial charge in [-0.05, 0) is 97.2 Å². The summed E-state index contributed by atoms with van der Waals surface area (Å²) >= 11 is 13.0. The van der Waals surface area contributed by atoms with Crippen LogP contribution in [0.3, 0.4) is 0 Å². The maximum absolute atomic E-state index is 14.2. The molecule has 280 valence electrons. The van der Waals surface area contributed by atoms with E-state index in [1.807, 2.05) is 57.4 Å². The largest absolute Gasteiger partial charge is 0.496 e. The number of hydrazine groups is 1. The van der Waals surface area contributed by atoms with Gasteiger partial charge in [-0.1, -0.05) is 59.6 Å². The molecule has 0 aliphatic carbocycles. The van der Waals surface area contributed by atoms with Crippen LogP contribution < -0.4 is 10.2 Å². The number of amides is 2. The van der Waals surface area contributed by atoms with Gasteiger partial charge in [-0.2, -0.15) is 5.06 Å². The Kier molecular flexibility index (Phi) is 11.3. The van der Waals surface area contributed by atoms with Gasteiger partial charge in [-0.15, -0.1) is 5.10 Å². The van der Waals surface area contributed by atoms with Gasteiger partial charge < -0.3 is 19.4 Å². The number of carbonyl (C=O) groups is 2. The van der Waals surface area contributed by atoms with Gasteiger partial charge in [0.2, 0.25) is 5.91 Å². The number of rotatable bonds is 11. The summed E-state index contributed by atoms with van der Waals surface area (Å²) in [6.07, 6.45) is 4.44. The Bertz CT molecular complexity index is 1880. The lowest BCUT2D eigenvalue weighted by Crippen LogP contribution is -2.59. The van der Waals surface area contributed by atoms with Crippen molar-refractivity contribution < 1.29 is 19.2 Å². The molecule has 0 saturated carbocycles. The lowest BCUT2D eigenvalue weighted by Gasteiger charge is -2.43. The summed E-state index contributed by atoms with van der Waals surface area (Å²) < 4.78 is 7.13. The first kappa shape index (κ1) is 37.2. The predicted octanol–water partition coefficient (Wildman–Crippen LogP) is 4.40. The number of nitrogens with zero attached hydrogens (tertiary/aromatic N) is 8. The Morgan fingerprint density at radius 2 is 1.62 bits per heavy atom. The predicted molar refractivity (Wildman–Crippen MR) is 201 cm³/mol. The molecule has 3 fully saturated rings. The lowest BCUT2D eigenvalue weighted by molar-refractivity contribution is -0.161. The third kappa shape index (κ3) is 7.78. The summed E-state index contributed by atoms with van der Waals surface area (Å²) in [5.41, 5.74) is 5.47. The minimum Gasteiger partial charge on any atom is -0.496 e. The summed E-state index contributed by atoms with van der Waals surface area (Å²) in [5.74, 6) is 0.403. The van der Waals surface area contributed by atoms with Gasteiger partial charge in [0.15, 0.2) is 0 Å². The first-order valence-electron chi connectivity index (χ1n) is 18.0. The summed E-state index contributed by atoms with van der Waals surface area (Å²) in [4.78, 5) is 38.1. The first-order chi connectivity index (χ1) is 25.7. The molecular weight excluding hydrogens is 717 g/mol. The molecule has 7 rings (SSSR count). The SMILES string of the molecule is COc1ccc(-n2cnnn2)cc1C(=O)N1CCC(CCN2CCC(C(=O)NN3CCN(OC)CC3)(c3ccccc3)CC2)(c2ccc(Cl)c(Cl)c2)C1. The number of ether oxygens (including phenoxy) is 1. The summed E-state index contributed by atoms with van der Waals surface area (Å²) in [7, 11) is 3.24. The van der Waals surface area contributed by atoms with Crippen molar-refractivity contribution in [1.82, 2.24) is 45.5 Å². The van der Waals surface area contributed by atoms with E-state index < -0.39 is 5.41 Å². The average Bonchev–Trinajstić information content (AvgIpc) is 3.91. The number of likely N-dealkylation sites (tertiary alicyclic amines) is 2. The molecule has 3 aliphatic rings. The topological polar surface area (TPSA) is 121 Å². The van der Waals surface area contributed by atoms with Crippen LogP contribution in [0.1, 0.15) is 47.2 Å². The molecule has 15 heteroatoms. The molecular formula is C38H45Cl2N9O4. The fraction of sp³-hybridized carbons (Fsp3) is 0.447. The molecule has 0 bridgehead atoms. The van der Waals surface area contributed by atoms with Crippen LogP contribution in [0.15, 0.2) is 73.1 Å². The second kappa shape index (κ2) is 16.1. The van der Waals surface area contributed by atoms with E-state index in [2.05, 4.69) is 38.0 Å². The van der Waals surface area contributed by atoms with Crippen molar-refractivity contribution in [3.63, 3.8) is 0 Å². The molecule has 1 N–H and O–H groups in total. The molecule has 0 spiro atoms. The maximum Gasteiger partial charge on any atom is 0.257 e. The van der Waals surface area contributed by atoms with Gasteiger partial charge in [0.25, 0.3) is 5.91 Å². The van der Waals surface area contributed by atoms with Crippen LogP contribution in [0.4, 0.5) is 0 Å². The third-order valence-electron chi connectivity index (χ3n) is 11.3. The molecule has 4 aromatic rings. The minimum absolute atomic E-state index is 0.0472. The molecule has 3 saturated heterocycles. The summed E-state index contributed by atoms with van der Waals surface area (Å²) in [5, 5.41) is 16.4. The van der Waals surface area contributed by atoms with E-state index in [4.69, 9.17) is 32.8 Å². The Hall–Kier alpha value is -4.11. The van der Waals surface area contributed by atoms with Gasteiger partial charge in [0.1, 0.15) is 12.1 Å². The van der Waals surface area contributed by atoms with Crippen molar-refractivity contribution in [3.8, 4) is 11.4 Å². The number of piperidine rings is 1. The normalized spacial score (nSPS) is 21.1. The molecule has 4 heterocycles. The highest BCUT2D eigenvalue weighted by atomic mass is 35.5. The molecule has 3 aromatic carbocycles. The number of tetrazole rings is 1. The first-order valence-corrected chi connectivity index (χ1v) is 18.8. The summed E-state index contributed by atoms with van der Waals surface area (Å²) in [6.45, 7) is 6.25. The number of halogens is 2. The highest BCUT2D eigenvalue weighted by Crippen LogP contribution is 2.42. The maximum atomic E-state index is 14.2. The highest BCUT2D eigenvalue weighted by Gasteiger charge is 2.46. The van der Waals surface area contributed by atoms with Crippen molar-refractivity contribution in [1.29, 1.82) is 0 Å². The number of hydrogen-bond acceptors (Lipinski definition) is 10. The second-order valence-electron chi connectivity index (χ2n) is 14.1. The Labute approximate surface area is 319 Å². The van der Waals surface area contributed by atoms with Crippen LogP contribution >= 0.6 is 23.2 Å². The van der Waals surface area contributed by atoms with Crippen LogP contribution in [-0.4, -0.2) is 125 Å². The van der Waals surface area contributed by atoms with Crippen LogP contribution in [0.5, 0.6) is 5.75 Å². The quantitative estimate of drug-likeness (QED) is 0.236. The number of hydroxylamine groups is 2. The molecule has 1 unspecified atom stereocenters. The van der Waals surface area contributed by atoms with E-state index in [1.165, 1.54) is 11.0 Å². The second-order valence-corrected chi connectivity index (χ2v) is 14.9. The Balaban J connectivity index is 1.08. The van der Waals surface area contributed by atoms with E-state index in [1.54, 1.807) is 26.4 Å². The number of carbonyl (C=O) groups excluding carboxylic acids is 2. The third-order valence-corrected chi connectivity index (χ3v) is 12.1. The average molecular weight is 763 g/mol. The fourth-order valence-electron chi connectivity index (χ4n) is 8.08. The lowest BCUT2D eigenvalue weighted by atomic mass is 9.71.